The van der Waals surface area contributed by atoms with Gasteiger partial charge in [0.2, 0.25) is 0 Å². The lowest BCUT2D eigenvalue weighted by Crippen LogP contribution is -2.45. The molecule has 19 heavy (non-hydrogen) atoms. The van der Waals surface area contributed by atoms with Gasteiger partial charge in [-0.3, -0.25) is 4.90 Å². The Labute approximate surface area is 135 Å². The monoisotopic (exact) mass is 372 g/mol. The number of aryl methyl sites for hydroxylation is 1. The van der Waals surface area contributed by atoms with Gasteiger partial charge in [-0.05, 0) is 24.1 Å². The Kier molecular flexibility index (Phi) is 9.20. The van der Waals surface area contributed by atoms with Gasteiger partial charge < -0.3 is 5.32 Å². The highest BCUT2D eigenvalue weighted by atomic mass is 79.9. The highest BCUT2D eigenvalue weighted by Gasteiger charge is 2.23. The largest absolute Gasteiger partial charge is 0.314 e. The predicted molar refractivity (Wildman–Crippen MR) is 86.5 cm³/mol. The summed E-state index contributed by atoms with van der Waals surface area (Å²) in [6, 6.07) is 6.02. The maximum atomic E-state index is 13.3. The van der Waals surface area contributed by atoms with Crippen molar-refractivity contribution >= 4 is 40.7 Å². The van der Waals surface area contributed by atoms with Crippen molar-refractivity contribution in [1.29, 1.82) is 0 Å². The summed E-state index contributed by atoms with van der Waals surface area (Å²) in [5.41, 5.74) is 2.25. The van der Waals surface area contributed by atoms with Gasteiger partial charge in [0.05, 0.1) is 6.04 Å². The van der Waals surface area contributed by atoms with Crippen molar-refractivity contribution in [3.63, 3.8) is 0 Å². The lowest BCUT2D eigenvalue weighted by molar-refractivity contribution is 0.147. The molecule has 1 aromatic carbocycles. The Morgan fingerprint density at radius 1 is 1.32 bits per heavy atom. The molecule has 0 spiro atoms. The van der Waals surface area contributed by atoms with E-state index in [9.17, 15) is 4.39 Å². The van der Waals surface area contributed by atoms with Crippen molar-refractivity contribution < 1.29 is 4.39 Å². The molecule has 0 radical (unpaired) electrons. The second-order valence-electron chi connectivity index (χ2n) is 4.48. The van der Waals surface area contributed by atoms with Crippen LogP contribution in [0.1, 0.15) is 17.2 Å². The van der Waals surface area contributed by atoms with Gasteiger partial charge in [0.25, 0.3) is 0 Å². The fraction of sp³-hybridized carbons (Fsp3) is 0.538. The lowest BCUT2D eigenvalue weighted by atomic mass is 10.0. The van der Waals surface area contributed by atoms with Crippen LogP contribution in [0.15, 0.2) is 22.7 Å². The summed E-state index contributed by atoms with van der Waals surface area (Å²) in [7, 11) is 0. The first-order valence-electron chi connectivity index (χ1n) is 5.99. The summed E-state index contributed by atoms with van der Waals surface area (Å²) in [6.07, 6.45) is 0. The molecule has 1 atom stereocenters. The normalized spacial score (nSPS) is 17.2. The zero-order valence-corrected chi connectivity index (χ0v) is 14.1. The van der Waals surface area contributed by atoms with Crippen molar-refractivity contribution in [1.82, 2.24) is 10.2 Å². The molecule has 0 amide bonds. The average molecular weight is 374 g/mol. The van der Waals surface area contributed by atoms with Crippen LogP contribution in [0.2, 0.25) is 0 Å². The van der Waals surface area contributed by atoms with Crippen molar-refractivity contribution in [3.05, 3.63) is 33.8 Å². The minimum atomic E-state index is -0.332. The van der Waals surface area contributed by atoms with Crippen LogP contribution in [0.25, 0.3) is 0 Å². The van der Waals surface area contributed by atoms with Gasteiger partial charge in [-0.25, -0.2) is 4.39 Å². The van der Waals surface area contributed by atoms with E-state index in [2.05, 4.69) is 32.2 Å². The molecular formula is C13H20BrCl2FN2. The summed E-state index contributed by atoms with van der Waals surface area (Å²) in [5.74, 6) is 0. The van der Waals surface area contributed by atoms with Crippen molar-refractivity contribution in [2.75, 3.05) is 32.9 Å². The highest BCUT2D eigenvalue weighted by molar-refractivity contribution is 9.10. The Hall–Kier alpha value is 0.130. The van der Waals surface area contributed by atoms with Crippen molar-refractivity contribution in [2.24, 2.45) is 0 Å². The first-order chi connectivity index (χ1) is 8.22. The van der Waals surface area contributed by atoms with Crippen LogP contribution in [0.4, 0.5) is 4.39 Å². The summed E-state index contributed by atoms with van der Waals surface area (Å²) >= 11 is 3.55. The average Bonchev–Trinajstić information content (AvgIpc) is 2.34. The summed E-state index contributed by atoms with van der Waals surface area (Å²) in [4.78, 5) is 2.21. The number of nitrogens with one attached hydrogen (secondary N) is 1. The smallest absolute Gasteiger partial charge is 0.109 e. The number of hydrogen-bond donors (Lipinski definition) is 1. The molecule has 0 unspecified atom stereocenters. The maximum Gasteiger partial charge on any atom is 0.109 e. The molecule has 0 aromatic heterocycles. The first-order valence-corrected chi connectivity index (χ1v) is 6.78. The first kappa shape index (κ1) is 19.1. The molecular weight excluding hydrogens is 354 g/mol. The summed E-state index contributed by atoms with van der Waals surface area (Å²) in [5, 5.41) is 3.29. The number of hydrogen-bond acceptors (Lipinski definition) is 2. The highest BCUT2D eigenvalue weighted by Crippen LogP contribution is 2.29. The van der Waals surface area contributed by atoms with Gasteiger partial charge in [0, 0.05) is 30.7 Å². The molecule has 2 nitrogen and oxygen atoms in total. The number of halogens is 4. The molecule has 1 saturated heterocycles. The van der Waals surface area contributed by atoms with Gasteiger partial charge in [0.1, 0.15) is 6.67 Å². The SMILES string of the molecule is Cc1ccc([C@@H](CF)N2CCNCC2)c(Br)c1.Cl.Cl. The van der Waals surface area contributed by atoms with Crippen LogP contribution < -0.4 is 5.32 Å². The molecule has 1 aliphatic heterocycles. The van der Waals surface area contributed by atoms with Crippen molar-refractivity contribution in [3.8, 4) is 0 Å². The predicted octanol–water partition coefficient (Wildman–Crippen LogP) is 3.52. The van der Waals surface area contributed by atoms with Crippen molar-refractivity contribution in [2.45, 2.75) is 13.0 Å². The van der Waals surface area contributed by atoms with Crippen LogP contribution in [0.5, 0.6) is 0 Å². The van der Waals surface area contributed by atoms with E-state index in [1.54, 1.807) is 0 Å². The van der Waals surface area contributed by atoms with E-state index >= 15 is 0 Å². The minimum absolute atomic E-state index is 0. The van der Waals surface area contributed by atoms with E-state index < -0.39 is 0 Å². The van der Waals surface area contributed by atoms with Crippen LogP contribution in [-0.2, 0) is 0 Å². The van der Waals surface area contributed by atoms with Crippen LogP contribution in [0.3, 0.4) is 0 Å². The topological polar surface area (TPSA) is 15.3 Å². The molecule has 6 heteroatoms. The standard InChI is InChI=1S/C13H18BrFN2.2ClH/c1-10-2-3-11(12(14)8-10)13(9-15)17-6-4-16-5-7-17;;/h2-3,8,13,16H,4-7,9H2,1H3;2*1H/t13-;;/m1../s1. The Morgan fingerprint density at radius 2 is 1.95 bits per heavy atom. The molecule has 0 saturated carbocycles. The van der Waals surface area contributed by atoms with Gasteiger partial charge in [-0.1, -0.05) is 28.1 Å². The second kappa shape index (κ2) is 9.14. The molecule has 0 bridgehead atoms. The fourth-order valence-electron chi connectivity index (χ4n) is 2.27. The summed E-state index contributed by atoms with van der Waals surface area (Å²) in [6.45, 7) is 5.43. The van der Waals surface area contributed by atoms with E-state index in [0.717, 1.165) is 36.2 Å². The Bertz CT molecular complexity index is 387. The molecule has 1 N–H and O–H groups in total. The summed E-state index contributed by atoms with van der Waals surface area (Å²) < 4.78 is 14.3. The molecule has 1 aliphatic rings. The maximum absolute atomic E-state index is 13.3. The number of nitrogens with zero attached hydrogens (tertiary/aromatic N) is 1. The van der Waals surface area contributed by atoms with E-state index in [1.165, 1.54) is 5.56 Å². The van der Waals surface area contributed by atoms with E-state index in [4.69, 9.17) is 0 Å². The molecule has 1 heterocycles. The minimum Gasteiger partial charge on any atom is -0.314 e. The number of alkyl halides is 1. The third-order valence-electron chi connectivity index (χ3n) is 3.25. The van der Waals surface area contributed by atoms with Crippen LogP contribution >= 0.6 is 40.7 Å². The third-order valence-corrected chi connectivity index (χ3v) is 3.94. The number of piperazine rings is 1. The van der Waals surface area contributed by atoms with Crippen LogP contribution in [-0.4, -0.2) is 37.8 Å². The molecule has 0 aliphatic carbocycles. The fourth-order valence-corrected chi connectivity index (χ4v) is 3.03. The number of rotatable bonds is 3. The molecule has 1 fully saturated rings. The zero-order chi connectivity index (χ0) is 12.3. The van der Waals surface area contributed by atoms with E-state index in [-0.39, 0.29) is 37.5 Å². The van der Waals surface area contributed by atoms with E-state index in [1.807, 2.05) is 19.1 Å². The van der Waals surface area contributed by atoms with Crippen LogP contribution in [0, 0.1) is 6.92 Å². The molecule has 1 aromatic rings. The van der Waals surface area contributed by atoms with Gasteiger partial charge in [0.15, 0.2) is 0 Å². The molecule has 110 valence electrons. The lowest BCUT2D eigenvalue weighted by Gasteiger charge is -2.34. The third kappa shape index (κ3) is 4.87. The van der Waals surface area contributed by atoms with Gasteiger partial charge >= 0.3 is 0 Å². The Morgan fingerprint density at radius 3 is 2.47 bits per heavy atom. The Balaban J connectivity index is 0.00000162. The number of benzene rings is 1. The van der Waals surface area contributed by atoms with Gasteiger partial charge in [-0.15, -0.1) is 24.8 Å². The molecule has 2 rings (SSSR count). The van der Waals surface area contributed by atoms with Gasteiger partial charge in [-0.2, -0.15) is 0 Å². The second-order valence-corrected chi connectivity index (χ2v) is 5.34. The zero-order valence-electron chi connectivity index (χ0n) is 10.9. The quantitative estimate of drug-likeness (QED) is 0.871. The van der Waals surface area contributed by atoms with E-state index in [0.29, 0.717) is 0 Å².